The number of thiazole rings is 1. The van der Waals surface area contributed by atoms with Gasteiger partial charge in [0.1, 0.15) is 5.01 Å². The predicted octanol–water partition coefficient (Wildman–Crippen LogP) is 2.66. The standard InChI is InChI=1S/C14H20N4OS/c1-9-8-20-13(16-9)6-12-17-14(19-18-12)11-5-3-2-4-10(11)7-15/h8,10-11H,2-7,15H2,1H3. The van der Waals surface area contributed by atoms with Crippen molar-refractivity contribution in [1.82, 2.24) is 15.1 Å². The first kappa shape index (κ1) is 13.7. The van der Waals surface area contributed by atoms with Gasteiger partial charge in [-0.15, -0.1) is 11.3 Å². The highest BCUT2D eigenvalue weighted by atomic mass is 32.1. The Labute approximate surface area is 122 Å². The van der Waals surface area contributed by atoms with E-state index in [9.17, 15) is 0 Å². The second-order valence-electron chi connectivity index (χ2n) is 5.49. The van der Waals surface area contributed by atoms with Crippen molar-refractivity contribution in [2.45, 2.75) is 44.9 Å². The zero-order chi connectivity index (χ0) is 13.9. The van der Waals surface area contributed by atoms with Crippen LogP contribution in [0.25, 0.3) is 0 Å². The van der Waals surface area contributed by atoms with Gasteiger partial charge in [-0.2, -0.15) is 4.98 Å². The van der Waals surface area contributed by atoms with E-state index in [4.69, 9.17) is 10.3 Å². The molecule has 1 aliphatic rings. The summed E-state index contributed by atoms with van der Waals surface area (Å²) in [6.07, 6.45) is 5.43. The predicted molar refractivity (Wildman–Crippen MR) is 77.7 cm³/mol. The van der Waals surface area contributed by atoms with Crippen molar-refractivity contribution in [3.05, 3.63) is 27.8 Å². The summed E-state index contributed by atoms with van der Waals surface area (Å²) in [5.41, 5.74) is 6.91. The van der Waals surface area contributed by atoms with Crippen LogP contribution in [-0.4, -0.2) is 21.7 Å². The van der Waals surface area contributed by atoms with Crippen LogP contribution in [0.4, 0.5) is 0 Å². The topological polar surface area (TPSA) is 77.8 Å². The maximum atomic E-state index is 5.87. The maximum absolute atomic E-state index is 5.87. The van der Waals surface area contributed by atoms with Gasteiger partial charge in [-0.25, -0.2) is 4.98 Å². The summed E-state index contributed by atoms with van der Waals surface area (Å²) >= 11 is 1.64. The molecule has 1 saturated carbocycles. The Morgan fingerprint density at radius 1 is 1.35 bits per heavy atom. The van der Waals surface area contributed by atoms with Gasteiger partial charge in [-0.3, -0.25) is 0 Å². The van der Waals surface area contributed by atoms with Crippen molar-refractivity contribution in [3.8, 4) is 0 Å². The molecular weight excluding hydrogens is 272 g/mol. The number of hydrogen-bond donors (Lipinski definition) is 1. The minimum Gasteiger partial charge on any atom is -0.339 e. The van der Waals surface area contributed by atoms with Crippen molar-refractivity contribution in [2.75, 3.05) is 6.54 Å². The quantitative estimate of drug-likeness (QED) is 0.937. The van der Waals surface area contributed by atoms with Crippen LogP contribution in [0.2, 0.25) is 0 Å². The fraction of sp³-hybridized carbons (Fsp3) is 0.643. The first-order valence-corrected chi connectivity index (χ1v) is 8.07. The van der Waals surface area contributed by atoms with Gasteiger partial charge in [0.15, 0.2) is 5.82 Å². The number of aryl methyl sites for hydroxylation is 1. The Bertz CT molecular complexity index is 565. The summed E-state index contributed by atoms with van der Waals surface area (Å²) in [5.74, 6) is 2.33. The molecule has 2 heterocycles. The van der Waals surface area contributed by atoms with Crippen molar-refractivity contribution >= 4 is 11.3 Å². The molecule has 2 aromatic rings. The SMILES string of the molecule is Cc1csc(Cc2noc(C3CCCCC3CN)n2)n1. The lowest BCUT2D eigenvalue weighted by atomic mass is 9.79. The number of rotatable bonds is 4. The van der Waals surface area contributed by atoms with E-state index in [0.29, 0.717) is 24.8 Å². The van der Waals surface area contributed by atoms with Gasteiger partial charge in [-0.1, -0.05) is 18.0 Å². The highest BCUT2D eigenvalue weighted by molar-refractivity contribution is 7.09. The third kappa shape index (κ3) is 2.91. The first-order valence-electron chi connectivity index (χ1n) is 7.20. The van der Waals surface area contributed by atoms with Crippen LogP contribution < -0.4 is 5.73 Å². The molecule has 108 valence electrons. The minimum atomic E-state index is 0.341. The van der Waals surface area contributed by atoms with E-state index in [1.54, 1.807) is 11.3 Å². The Morgan fingerprint density at radius 2 is 2.20 bits per heavy atom. The van der Waals surface area contributed by atoms with Crippen LogP contribution in [0.1, 0.15) is 54.0 Å². The Balaban J connectivity index is 1.72. The van der Waals surface area contributed by atoms with Crippen LogP contribution in [0.5, 0.6) is 0 Å². The molecule has 2 aromatic heterocycles. The van der Waals surface area contributed by atoms with E-state index in [1.807, 2.05) is 12.3 Å². The highest BCUT2D eigenvalue weighted by Crippen LogP contribution is 2.36. The van der Waals surface area contributed by atoms with E-state index in [1.165, 1.54) is 19.3 Å². The maximum Gasteiger partial charge on any atom is 0.230 e. The normalized spacial score (nSPS) is 23.1. The third-order valence-electron chi connectivity index (χ3n) is 3.99. The van der Waals surface area contributed by atoms with Crippen molar-refractivity contribution in [3.63, 3.8) is 0 Å². The Kier molecular flexibility index (Phi) is 4.12. The molecule has 2 atom stereocenters. The van der Waals surface area contributed by atoms with Crippen LogP contribution in [-0.2, 0) is 6.42 Å². The van der Waals surface area contributed by atoms with Crippen molar-refractivity contribution < 1.29 is 4.52 Å². The summed E-state index contributed by atoms with van der Waals surface area (Å²) in [5, 5.41) is 7.18. The zero-order valence-electron chi connectivity index (χ0n) is 11.7. The number of hydrogen-bond acceptors (Lipinski definition) is 6. The number of nitrogens with zero attached hydrogens (tertiary/aromatic N) is 3. The molecule has 20 heavy (non-hydrogen) atoms. The fourth-order valence-corrected chi connectivity index (χ4v) is 3.69. The van der Waals surface area contributed by atoms with Crippen molar-refractivity contribution in [1.29, 1.82) is 0 Å². The molecule has 0 aromatic carbocycles. The molecule has 0 saturated heterocycles. The third-order valence-corrected chi connectivity index (χ3v) is 4.96. The van der Waals surface area contributed by atoms with Crippen LogP contribution in [0.15, 0.2) is 9.90 Å². The molecule has 5 nitrogen and oxygen atoms in total. The van der Waals surface area contributed by atoms with Crippen LogP contribution >= 0.6 is 11.3 Å². The lowest BCUT2D eigenvalue weighted by Gasteiger charge is -2.27. The monoisotopic (exact) mass is 292 g/mol. The van der Waals surface area contributed by atoms with Gasteiger partial charge in [0.2, 0.25) is 5.89 Å². The van der Waals surface area contributed by atoms with Gasteiger partial charge in [0.05, 0.1) is 6.42 Å². The molecule has 0 bridgehead atoms. The number of nitrogens with two attached hydrogens (primary N) is 1. The van der Waals surface area contributed by atoms with Gasteiger partial charge >= 0.3 is 0 Å². The van der Waals surface area contributed by atoms with E-state index in [2.05, 4.69) is 15.1 Å². The average Bonchev–Trinajstić information content (AvgIpc) is 3.08. The van der Waals surface area contributed by atoms with Crippen LogP contribution in [0, 0.1) is 12.8 Å². The molecule has 3 rings (SSSR count). The zero-order valence-corrected chi connectivity index (χ0v) is 12.5. The summed E-state index contributed by atoms with van der Waals surface area (Å²) in [4.78, 5) is 9.01. The van der Waals surface area contributed by atoms with Crippen molar-refractivity contribution in [2.24, 2.45) is 11.7 Å². The Morgan fingerprint density at radius 3 is 2.95 bits per heavy atom. The second kappa shape index (κ2) is 6.01. The summed E-state index contributed by atoms with van der Waals surface area (Å²) < 4.78 is 5.48. The molecule has 1 fully saturated rings. The molecule has 2 N–H and O–H groups in total. The fourth-order valence-electron chi connectivity index (χ4n) is 2.92. The summed E-state index contributed by atoms with van der Waals surface area (Å²) in [6.45, 7) is 2.70. The van der Waals surface area contributed by atoms with E-state index in [-0.39, 0.29) is 0 Å². The van der Waals surface area contributed by atoms with Gasteiger partial charge in [-0.05, 0) is 32.2 Å². The molecule has 0 spiro atoms. The first-order chi connectivity index (χ1) is 9.76. The van der Waals surface area contributed by atoms with Crippen LogP contribution in [0.3, 0.4) is 0 Å². The average molecular weight is 292 g/mol. The molecule has 2 unspecified atom stereocenters. The lowest BCUT2D eigenvalue weighted by molar-refractivity contribution is 0.249. The lowest BCUT2D eigenvalue weighted by Crippen LogP contribution is -2.25. The molecule has 0 amide bonds. The summed E-state index contributed by atoms with van der Waals surface area (Å²) in [7, 11) is 0. The van der Waals surface area contributed by atoms with E-state index >= 15 is 0 Å². The smallest absolute Gasteiger partial charge is 0.230 e. The molecule has 1 aliphatic carbocycles. The van der Waals surface area contributed by atoms with E-state index in [0.717, 1.165) is 28.8 Å². The number of aromatic nitrogens is 3. The Hall–Kier alpha value is -1.27. The molecule has 0 aliphatic heterocycles. The van der Waals surface area contributed by atoms with Gasteiger partial charge in [0.25, 0.3) is 0 Å². The van der Waals surface area contributed by atoms with E-state index < -0.39 is 0 Å². The molecule has 6 heteroatoms. The summed E-state index contributed by atoms with van der Waals surface area (Å²) in [6, 6.07) is 0. The molecular formula is C14H20N4OS. The van der Waals surface area contributed by atoms with Gasteiger partial charge in [0, 0.05) is 17.0 Å². The second-order valence-corrected chi connectivity index (χ2v) is 6.44. The minimum absolute atomic E-state index is 0.341. The van der Waals surface area contributed by atoms with Gasteiger partial charge < -0.3 is 10.3 Å². The largest absolute Gasteiger partial charge is 0.339 e. The highest BCUT2D eigenvalue weighted by Gasteiger charge is 2.29. The molecule has 0 radical (unpaired) electrons.